The molecule has 0 amide bonds. The lowest BCUT2D eigenvalue weighted by molar-refractivity contribution is 0.285. The Hall–Kier alpha value is -1.63. The molecule has 0 aliphatic rings. The summed E-state index contributed by atoms with van der Waals surface area (Å²) in [5.41, 5.74) is 2.62. The van der Waals surface area contributed by atoms with Gasteiger partial charge in [0.2, 0.25) is 0 Å². The monoisotopic (exact) mass is 270 g/mol. The Morgan fingerprint density at radius 3 is 1.45 bits per heavy atom. The van der Waals surface area contributed by atoms with Crippen LogP contribution in [0.25, 0.3) is 0 Å². The van der Waals surface area contributed by atoms with Crippen LogP contribution in [0, 0.1) is 0 Å². The summed E-state index contributed by atoms with van der Waals surface area (Å²) in [6.07, 6.45) is 4.57. The van der Waals surface area contributed by atoms with Gasteiger partial charge in [-0.3, -0.25) is 0 Å². The molecule has 106 valence electrons. The van der Waals surface area contributed by atoms with Gasteiger partial charge in [-0.2, -0.15) is 0 Å². The lowest BCUT2D eigenvalue weighted by atomic mass is 10.0. The Morgan fingerprint density at radius 2 is 1.05 bits per heavy atom. The van der Waals surface area contributed by atoms with Crippen molar-refractivity contribution in [3.63, 3.8) is 0 Å². The van der Waals surface area contributed by atoms with E-state index >= 15 is 0 Å². The first-order valence-corrected chi connectivity index (χ1v) is 7.56. The number of halogens is 1. The van der Waals surface area contributed by atoms with Crippen LogP contribution in [-0.2, 0) is 12.8 Å². The van der Waals surface area contributed by atoms with Crippen LogP contribution in [0.2, 0.25) is 0 Å². The van der Waals surface area contributed by atoms with Gasteiger partial charge in [-0.1, -0.05) is 60.7 Å². The molecule has 0 aliphatic carbocycles. The van der Waals surface area contributed by atoms with Crippen LogP contribution in [-0.4, -0.2) is 6.17 Å². The van der Waals surface area contributed by atoms with E-state index in [4.69, 9.17) is 0 Å². The Bertz CT molecular complexity index is 418. The zero-order valence-corrected chi connectivity index (χ0v) is 12.0. The second-order valence-corrected chi connectivity index (χ2v) is 5.35. The van der Waals surface area contributed by atoms with Crippen LogP contribution >= 0.6 is 0 Å². The van der Waals surface area contributed by atoms with Crippen molar-refractivity contribution < 1.29 is 4.39 Å². The normalized spacial score (nSPS) is 10.9. The van der Waals surface area contributed by atoms with Gasteiger partial charge in [0.05, 0.1) is 0 Å². The van der Waals surface area contributed by atoms with Crippen molar-refractivity contribution in [2.45, 2.75) is 44.7 Å². The van der Waals surface area contributed by atoms with Crippen molar-refractivity contribution >= 4 is 0 Å². The molecule has 0 fully saturated rings. The molecule has 20 heavy (non-hydrogen) atoms. The molecular formula is C19H23F. The second-order valence-electron chi connectivity index (χ2n) is 5.35. The highest BCUT2D eigenvalue weighted by molar-refractivity contribution is 5.15. The number of rotatable bonds is 8. The maximum Gasteiger partial charge on any atom is 0.100 e. The Balaban J connectivity index is 1.58. The highest BCUT2D eigenvalue weighted by Gasteiger charge is 2.06. The highest BCUT2D eigenvalue weighted by atomic mass is 19.1. The molecule has 0 radical (unpaired) electrons. The fourth-order valence-electron chi connectivity index (χ4n) is 2.49. The number of alkyl halides is 1. The Labute approximate surface area is 121 Å². The summed E-state index contributed by atoms with van der Waals surface area (Å²) in [6.45, 7) is 0. The van der Waals surface area contributed by atoms with Gasteiger partial charge in [0.1, 0.15) is 6.17 Å². The first kappa shape index (κ1) is 14.8. The molecule has 2 aromatic rings. The van der Waals surface area contributed by atoms with E-state index in [2.05, 4.69) is 24.3 Å². The van der Waals surface area contributed by atoms with Crippen LogP contribution in [0.4, 0.5) is 4.39 Å². The molecule has 0 bridgehead atoms. The van der Waals surface area contributed by atoms with Crippen molar-refractivity contribution in [3.8, 4) is 0 Å². The zero-order valence-electron chi connectivity index (χ0n) is 12.0. The SMILES string of the molecule is FC(CCCc1ccccc1)CCCc1ccccc1. The van der Waals surface area contributed by atoms with E-state index in [1.165, 1.54) is 11.1 Å². The molecule has 0 aliphatic heterocycles. The molecule has 0 saturated carbocycles. The van der Waals surface area contributed by atoms with Crippen LogP contribution < -0.4 is 0 Å². The molecule has 0 N–H and O–H groups in total. The van der Waals surface area contributed by atoms with E-state index in [-0.39, 0.29) is 0 Å². The fourth-order valence-corrected chi connectivity index (χ4v) is 2.49. The lowest BCUT2D eigenvalue weighted by Gasteiger charge is -2.08. The number of hydrogen-bond donors (Lipinski definition) is 0. The van der Waals surface area contributed by atoms with Gasteiger partial charge in [0.25, 0.3) is 0 Å². The van der Waals surface area contributed by atoms with E-state index in [0.717, 1.165) is 25.7 Å². The minimum Gasteiger partial charge on any atom is -0.247 e. The highest BCUT2D eigenvalue weighted by Crippen LogP contribution is 2.14. The predicted octanol–water partition coefficient (Wildman–Crippen LogP) is 5.37. The maximum absolute atomic E-state index is 13.8. The van der Waals surface area contributed by atoms with E-state index in [0.29, 0.717) is 12.8 Å². The Kier molecular flexibility index (Phi) is 6.30. The molecule has 0 unspecified atom stereocenters. The van der Waals surface area contributed by atoms with Crippen LogP contribution in [0.1, 0.15) is 36.8 Å². The Morgan fingerprint density at radius 1 is 0.650 bits per heavy atom. The average Bonchev–Trinajstić information content (AvgIpc) is 2.49. The van der Waals surface area contributed by atoms with Gasteiger partial charge < -0.3 is 0 Å². The summed E-state index contributed by atoms with van der Waals surface area (Å²) >= 11 is 0. The molecule has 1 heteroatoms. The summed E-state index contributed by atoms with van der Waals surface area (Å²) in [7, 11) is 0. The van der Waals surface area contributed by atoms with Gasteiger partial charge in [-0.05, 0) is 49.7 Å². The van der Waals surface area contributed by atoms with Crippen molar-refractivity contribution in [3.05, 3.63) is 71.8 Å². The van der Waals surface area contributed by atoms with E-state index < -0.39 is 6.17 Å². The number of benzene rings is 2. The molecule has 2 rings (SSSR count). The first-order chi connectivity index (χ1) is 9.84. The van der Waals surface area contributed by atoms with Crippen molar-refractivity contribution in [1.82, 2.24) is 0 Å². The standard InChI is InChI=1S/C19H23F/c20-19(15-7-13-17-9-3-1-4-10-17)16-8-14-18-11-5-2-6-12-18/h1-6,9-12,19H,7-8,13-16H2. The maximum atomic E-state index is 13.8. The van der Waals surface area contributed by atoms with Crippen LogP contribution in [0.15, 0.2) is 60.7 Å². The second kappa shape index (κ2) is 8.52. The fraction of sp³-hybridized carbons (Fsp3) is 0.368. The topological polar surface area (TPSA) is 0 Å². The van der Waals surface area contributed by atoms with Crippen LogP contribution in [0.5, 0.6) is 0 Å². The average molecular weight is 270 g/mol. The van der Waals surface area contributed by atoms with Crippen molar-refractivity contribution in [2.24, 2.45) is 0 Å². The van der Waals surface area contributed by atoms with Gasteiger partial charge in [0, 0.05) is 0 Å². The van der Waals surface area contributed by atoms with Gasteiger partial charge in [-0.15, -0.1) is 0 Å². The largest absolute Gasteiger partial charge is 0.247 e. The third-order valence-electron chi connectivity index (χ3n) is 3.65. The molecule has 0 atom stereocenters. The summed E-state index contributed by atoms with van der Waals surface area (Å²) in [5.74, 6) is 0. The molecular weight excluding hydrogens is 247 g/mol. The van der Waals surface area contributed by atoms with Gasteiger partial charge >= 0.3 is 0 Å². The van der Waals surface area contributed by atoms with E-state index in [1.807, 2.05) is 36.4 Å². The van der Waals surface area contributed by atoms with Crippen LogP contribution in [0.3, 0.4) is 0 Å². The molecule has 2 aromatic carbocycles. The smallest absolute Gasteiger partial charge is 0.100 e. The minimum atomic E-state index is -0.651. The lowest BCUT2D eigenvalue weighted by Crippen LogP contribution is -2.02. The molecule has 0 aromatic heterocycles. The third kappa shape index (κ3) is 5.56. The molecule has 0 spiro atoms. The van der Waals surface area contributed by atoms with Crippen molar-refractivity contribution in [1.29, 1.82) is 0 Å². The molecule has 0 saturated heterocycles. The zero-order chi connectivity index (χ0) is 14.0. The van der Waals surface area contributed by atoms with Gasteiger partial charge in [0.15, 0.2) is 0 Å². The summed E-state index contributed by atoms with van der Waals surface area (Å²) in [6, 6.07) is 20.7. The summed E-state index contributed by atoms with van der Waals surface area (Å²) < 4.78 is 13.8. The summed E-state index contributed by atoms with van der Waals surface area (Å²) in [4.78, 5) is 0. The predicted molar refractivity (Wildman–Crippen MR) is 83.7 cm³/mol. The number of hydrogen-bond acceptors (Lipinski definition) is 0. The quantitative estimate of drug-likeness (QED) is 0.605. The van der Waals surface area contributed by atoms with E-state index in [9.17, 15) is 4.39 Å². The minimum absolute atomic E-state index is 0.651. The van der Waals surface area contributed by atoms with E-state index in [1.54, 1.807) is 0 Å². The van der Waals surface area contributed by atoms with Gasteiger partial charge in [-0.25, -0.2) is 4.39 Å². The molecule has 0 nitrogen and oxygen atoms in total. The molecule has 0 heterocycles. The number of aryl methyl sites for hydroxylation is 2. The summed E-state index contributed by atoms with van der Waals surface area (Å²) in [5, 5.41) is 0. The first-order valence-electron chi connectivity index (χ1n) is 7.56. The van der Waals surface area contributed by atoms with Crippen molar-refractivity contribution in [2.75, 3.05) is 0 Å². The third-order valence-corrected chi connectivity index (χ3v) is 3.65.